The van der Waals surface area contributed by atoms with Gasteiger partial charge >= 0.3 is 0 Å². The summed E-state index contributed by atoms with van der Waals surface area (Å²) in [5.74, 6) is 2.13. The normalized spacial score (nSPS) is 17.2. The molecular formula is C52H58N2O4. The number of unbranched alkanes of at least 4 members (excludes halogenated alkanes) is 4. The molecule has 1 atom stereocenters. The van der Waals surface area contributed by atoms with Crippen LogP contribution in [0.25, 0.3) is 44.4 Å². The molecule has 1 saturated heterocycles. The van der Waals surface area contributed by atoms with Crippen molar-refractivity contribution >= 4 is 16.6 Å². The molecule has 0 amide bonds. The molecule has 3 aliphatic rings. The van der Waals surface area contributed by atoms with Crippen molar-refractivity contribution < 1.29 is 19.7 Å². The highest BCUT2D eigenvalue weighted by Crippen LogP contribution is 2.57. The Morgan fingerprint density at radius 3 is 2.09 bits per heavy atom. The molecule has 58 heavy (non-hydrogen) atoms. The Bertz CT molecular complexity index is 2510. The van der Waals surface area contributed by atoms with Crippen molar-refractivity contribution in [3.63, 3.8) is 0 Å². The fraction of sp³-hybridized carbons (Fsp3) is 0.385. The number of nitrogens with one attached hydrogen (secondary N) is 1. The minimum atomic E-state index is -0.626. The predicted octanol–water partition coefficient (Wildman–Crippen LogP) is 13.0. The molecule has 4 heterocycles. The van der Waals surface area contributed by atoms with Gasteiger partial charge in [0.15, 0.2) is 5.75 Å². The van der Waals surface area contributed by atoms with Gasteiger partial charge in [-0.1, -0.05) is 99.7 Å². The molecule has 0 saturated carbocycles. The molecule has 0 bridgehead atoms. The van der Waals surface area contributed by atoms with Gasteiger partial charge in [-0.3, -0.25) is 0 Å². The van der Waals surface area contributed by atoms with Crippen LogP contribution in [0, 0.1) is 6.92 Å². The number of phenolic OH excluding ortho intramolecular Hbond substituents is 2. The van der Waals surface area contributed by atoms with E-state index in [4.69, 9.17) is 9.47 Å². The van der Waals surface area contributed by atoms with Crippen LogP contribution >= 0.6 is 0 Å². The van der Waals surface area contributed by atoms with Crippen molar-refractivity contribution in [2.75, 3.05) is 18.0 Å². The number of aromatic nitrogens is 1. The average Bonchev–Trinajstić information content (AvgIpc) is 3.93. The van der Waals surface area contributed by atoms with Gasteiger partial charge in [-0.15, -0.1) is 0 Å². The first-order valence-electron chi connectivity index (χ1n) is 21.7. The minimum Gasteiger partial charge on any atom is -0.506 e. The van der Waals surface area contributed by atoms with Gasteiger partial charge < -0.3 is 29.6 Å². The maximum absolute atomic E-state index is 12.5. The number of rotatable bonds is 13. The van der Waals surface area contributed by atoms with Crippen molar-refractivity contribution in [2.45, 2.75) is 117 Å². The van der Waals surface area contributed by atoms with Crippen molar-refractivity contribution in [1.29, 1.82) is 0 Å². The van der Waals surface area contributed by atoms with Gasteiger partial charge in [0, 0.05) is 40.7 Å². The molecule has 3 N–H and O–H groups in total. The highest BCUT2D eigenvalue weighted by molar-refractivity contribution is 5.94. The Morgan fingerprint density at radius 1 is 0.672 bits per heavy atom. The van der Waals surface area contributed by atoms with Crippen LogP contribution in [0.2, 0.25) is 0 Å². The molecule has 9 rings (SSSR count). The van der Waals surface area contributed by atoms with E-state index in [2.05, 4.69) is 124 Å². The first-order chi connectivity index (χ1) is 28.0. The lowest BCUT2D eigenvalue weighted by molar-refractivity contribution is 0.0740. The first-order valence-corrected chi connectivity index (χ1v) is 21.7. The molecule has 6 nitrogen and oxygen atoms in total. The zero-order valence-corrected chi connectivity index (χ0v) is 35.1. The zero-order chi connectivity index (χ0) is 40.3. The van der Waals surface area contributed by atoms with E-state index in [-0.39, 0.29) is 5.75 Å². The number of aromatic hydroxyl groups is 2. The summed E-state index contributed by atoms with van der Waals surface area (Å²) in [6, 6.07) is 28.1. The van der Waals surface area contributed by atoms with E-state index in [0.717, 1.165) is 161 Å². The molecular weight excluding hydrogens is 717 g/mol. The lowest BCUT2D eigenvalue weighted by Gasteiger charge is -2.39. The summed E-state index contributed by atoms with van der Waals surface area (Å²) in [7, 11) is 0. The SMILES string of the molecule is CCCCCc1cc2c(c(O)c1-c1cc3ccccc3[nH]1)-c1cc(CCC3(C)Oc4cc(CCCCC)c(N5CC5)c(O)c4-c4cc(C)ccc43)ccc1C(C)(C)O2. The van der Waals surface area contributed by atoms with Crippen molar-refractivity contribution in [3.8, 4) is 56.5 Å². The predicted molar refractivity (Wildman–Crippen MR) is 238 cm³/mol. The second-order valence-corrected chi connectivity index (χ2v) is 17.8. The second kappa shape index (κ2) is 14.8. The maximum Gasteiger partial charge on any atom is 0.150 e. The second-order valence-electron chi connectivity index (χ2n) is 17.8. The highest BCUT2D eigenvalue weighted by atomic mass is 16.5. The summed E-state index contributed by atoms with van der Waals surface area (Å²) in [6.07, 6.45) is 9.97. The molecule has 5 aromatic carbocycles. The number of aromatic amines is 1. The lowest BCUT2D eigenvalue weighted by Crippen LogP contribution is -2.34. The number of H-pyrrole nitrogens is 1. The van der Waals surface area contributed by atoms with E-state index in [1.165, 1.54) is 11.1 Å². The Labute approximate surface area is 343 Å². The van der Waals surface area contributed by atoms with Gasteiger partial charge in [0.05, 0.1) is 22.5 Å². The Kier molecular flexibility index (Phi) is 9.73. The fourth-order valence-corrected chi connectivity index (χ4v) is 9.72. The van der Waals surface area contributed by atoms with E-state index in [0.29, 0.717) is 5.75 Å². The molecule has 3 aliphatic heterocycles. The van der Waals surface area contributed by atoms with Gasteiger partial charge in [0.25, 0.3) is 0 Å². The summed E-state index contributed by atoms with van der Waals surface area (Å²) in [6.45, 7) is 15.0. The molecule has 0 aliphatic carbocycles. The number of hydrogen-bond acceptors (Lipinski definition) is 5. The number of para-hydroxylation sites is 1. The summed E-state index contributed by atoms with van der Waals surface area (Å²) in [5.41, 5.74) is 13.0. The Balaban J connectivity index is 1.10. The molecule has 1 unspecified atom stereocenters. The number of benzene rings is 5. The minimum absolute atomic E-state index is 0.268. The smallest absolute Gasteiger partial charge is 0.150 e. The standard InChI is InChI=1S/C52H58N2O4/c1-7-9-11-16-35-30-43-46(49(55)45(35)42-29-34-15-13-14-18-41(34)53-42)38-28-33(20-22-39(38)51(4,5)57-43)23-24-52(6)40-21-19-32(3)27-37(40)47-44(58-52)31-36(17-12-10-8-2)48(50(47)56)54-25-26-54/h13-15,18-22,27-31,53,55-56H,7-12,16-17,23-26H2,1-6H3. The first kappa shape index (κ1) is 38.2. The highest BCUT2D eigenvalue weighted by Gasteiger charge is 2.41. The van der Waals surface area contributed by atoms with E-state index in [1.54, 1.807) is 0 Å². The molecule has 0 radical (unpaired) electrons. The Hall–Kier alpha value is -5.36. The largest absolute Gasteiger partial charge is 0.506 e. The average molecular weight is 775 g/mol. The number of ether oxygens (including phenoxy) is 2. The number of nitrogens with zero attached hydrogens (tertiary/aromatic N) is 1. The van der Waals surface area contributed by atoms with Crippen molar-refractivity contribution in [3.05, 3.63) is 112 Å². The third kappa shape index (κ3) is 6.68. The van der Waals surface area contributed by atoms with E-state index >= 15 is 0 Å². The number of anilines is 1. The monoisotopic (exact) mass is 774 g/mol. The quantitative estimate of drug-likeness (QED) is 0.0804. The molecule has 6 aromatic rings. The summed E-state index contributed by atoms with van der Waals surface area (Å²) >= 11 is 0. The molecule has 6 heteroatoms. The van der Waals surface area contributed by atoms with Crippen LogP contribution in [0.15, 0.2) is 78.9 Å². The maximum atomic E-state index is 12.5. The van der Waals surface area contributed by atoms with Gasteiger partial charge in [0.1, 0.15) is 28.5 Å². The number of hydrogen-bond donors (Lipinski definition) is 3. The van der Waals surface area contributed by atoms with Crippen molar-refractivity contribution in [2.24, 2.45) is 0 Å². The summed E-state index contributed by atoms with van der Waals surface area (Å²) in [4.78, 5) is 5.91. The van der Waals surface area contributed by atoms with Gasteiger partial charge in [-0.25, -0.2) is 0 Å². The number of aryl methyl sites for hydroxylation is 4. The van der Waals surface area contributed by atoms with E-state index < -0.39 is 11.2 Å². The van der Waals surface area contributed by atoms with Crippen LogP contribution in [-0.4, -0.2) is 28.3 Å². The van der Waals surface area contributed by atoms with Crippen LogP contribution in [-0.2, 0) is 30.5 Å². The molecule has 300 valence electrons. The Morgan fingerprint density at radius 2 is 1.34 bits per heavy atom. The third-order valence-corrected chi connectivity index (χ3v) is 12.9. The van der Waals surface area contributed by atoms with E-state index in [1.807, 2.05) is 6.07 Å². The van der Waals surface area contributed by atoms with Crippen LogP contribution in [0.1, 0.15) is 113 Å². The fourth-order valence-electron chi connectivity index (χ4n) is 9.72. The third-order valence-electron chi connectivity index (χ3n) is 12.9. The summed E-state index contributed by atoms with van der Waals surface area (Å²) in [5, 5.41) is 25.6. The van der Waals surface area contributed by atoms with Gasteiger partial charge in [-0.2, -0.15) is 0 Å². The topological polar surface area (TPSA) is 77.7 Å². The van der Waals surface area contributed by atoms with Crippen LogP contribution < -0.4 is 14.4 Å². The summed E-state index contributed by atoms with van der Waals surface area (Å²) < 4.78 is 13.9. The van der Waals surface area contributed by atoms with E-state index in [9.17, 15) is 10.2 Å². The van der Waals surface area contributed by atoms with Gasteiger partial charge in [0.2, 0.25) is 0 Å². The number of fused-ring (bicyclic) bond motifs is 7. The lowest BCUT2D eigenvalue weighted by atomic mass is 9.79. The molecule has 1 aromatic heterocycles. The van der Waals surface area contributed by atoms with Gasteiger partial charge in [-0.05, 0) is 118 Å². The zero-order valence-electron chi connectivity index (χ0n) is 35.1. The van der Waals surface area contributed by atoms with Crippen LogP contribution in [0.5, 0.6) is 23.0 Å². The van der Waals surface area contributed by atoms with Crippen LogP contribution in [0.4, 0.5) is 5.69 Å². The molecule has 0 spiro atoms. The number of phenols is 2. The molecule has 1 fully saturated rings. The van der Waals surface area contributed by atoms with Crippen LogP contribution in [0.3, 0.4) is 0 Å². The van der Waals surface area contributed by atoms with Crippen molar-refractivity contribution in [1.82, 2.24) is 4.98 Å².